The summed E-state index contributed by atoms with van der Waals surface area (Å²) in [5, 5.41) is -0.244. The number of benzene rings is 2. The first-order chi connectivity index (χ1) is 9.52. The van der Waals surface area contributed by atoms with Gasteiger partial charge in [-0.05, 0) is 55.3 Å². The van der Waals surface area contributed by atoms with Gasteiger partial charge in [0.15, 0.2) is 0 Å². The van der Waals surface area contributed by atoms with Crippen LogP contribution in [0.25, 0.3) is 0 Å². The quantitative estimate of drug-likeness (QED) is 0.534. The normalized spacial score (nSPS) is 12.2. The van der Waals surface area contributed by atoms with Gasteiger partial charge in [0.2, 0.25) is 0 Å². The summed E-state index contributed by atoms with van der Waals surface area (Å²) in [5.74, 6) is 0.829. The Morgan fingerprint density at radius 2 is 1.65 bits per heavy atom. The zero-order chi connectivity index (χ0) is 14.7. The molecule has 0 bridgehead atoms. The molecule has 1 nitrogen and oxygen atoms in total. The summed E-state index contributed by atoms with van der Waals surface area (Å²) in [7, 11) is 0. The molecule has 0 spiro atoms. The molecule has 0 saturated carbocycles. The number of ether oxygens (including phenoxy) is 1. The lowest BCUT2D eigenvalue weighted by atomic mass is 9.99. The van der Waals surface area contributed by atoms with Crippen molar-refractivity contribution < 1.29 is 4.74 Å². The van der Waals surface area contributed by atoms with Gasteiger partial charge in [-0.25, -0.2) is 0 Å². The molecule has 0 fully saturated rings. The van der Waals surface area contributed by atoms with E-state index in [1.165, 1.54) is 0 Å². The Morgan fingerprint density at radius 3 is 2.30 bits per heavy atom. The van der Waals surface area contributed by atoms with Crippen LogP contribution in [0.1, 0.15) is 29.0 Å². The van der Waals surface area contributed by atoms with Gasteiger partial charge in [0, 0.05) is 14.5 Å². The van der Waals surface area contributed by atoms with Crippen LogP contribution < -0.4 is 4.74 Å². The fourth-order valence-electron chi connectivity index (χ4n) is 2.06. The van der Waals surface area contributed by atoms with Gasteiger partial charge in [-0.2, -0.15) is 0 Å². The second-order valence-electron chi connectivity index (χ2n) is 4.48. The molecule has 0 aliphatic rings. The van der Waals surface area contributed by atoms with Crippen molar-refractivity contribution >= 4 is 43.5 Å². The Labute approximate surface area is 141 Å². The van der Waals surface area contributed by atoms with Crippen LogP contribution in [-0.2, 0) is 0 Å². The number of alkyl halides is 1. The molecule has 0 saturated heterocycles. The maximum atomic E-state index is 6.70. The highest BCUT2D eigenvalue weighted by molar-refractivity contribution is 9.10. The third kappa shape index (κ3) is 3.57. The van der Waals surface area contributed by atoms with Gasteiger partial charge in [-0.3, -0.25) is 0 Å². The standard InChI is InChI=1S/C16H15Br2ClO/c1-3-20-15-7-6-12(18)9-14(15)16(19)13-8-11(17)5-4-10(13)2/h4-9,16H,3H2,1-2H3. The number of hydrogen-bond donors (Lipinski definition) is 0. The van der Waals surface area contributed by atoms with E-state index in [0.29, 0.717) is 6.61 Å². The maximum absolute atomic E-state index is 6.70. The lowest BCUT2D eigenvalue weighted by molar-refractivity contribution is 0.337. The highest BCUT2D eigenvalue weighted by Crippen LogP contribution is 2.38. The maximum Gasteiger partial charge on any atom is 0.124 e. The van der Waals surface area contributed by atoms with Crippen molar-refractivity contribution in [3.8, 4) is 5.75 Å². The SMILES string of the molecule is CCOc1ccc(Br)cc1C(Cl)c1cc(Br)ccc1C. The van der Waals surface area contributed by atoms with E-state index in [0.717, 1.165) is 31.4 Å². The molecule has 20 heavy (non-hydrogen) atoms. The summed E-state index contributed by atoms with van der Waals surface area (Å²) in [6, 6.07) is 12.1. The van der Waals surface area contributed by atoms with Crippen LogP contribution in [0.3, 0.4) is 0 Å². The van der Waals surface area contributed by atoms with Gasteiger partial charge >= 0.3 is 0 Å². The van der Waals surface area contributed by atoms with E-state index in [1.807, 2.05) is 31.2 Å². The van der Waals surface area contributed by atoms with Crippen LogP contribution in [-0.4, -0.2) is 6.61 Å². The van der Waals surface area contributed by atoms with Gasteiger partial charge in [-0.1, -0.05) is 37.9 Å². The Kier molecular flexibility index (Phi) is 5.53. The topological polar surface area (TPSA) is 9.23 Å². The van der Waals surface area contributed by atoms with Crippen molar-refractivity contribution in [1.82, 2.24) is 0 Å². The molecule has 0 aliphatic carbocycles. The minimum atomic E-state index is -0.244. The molecule has 0 amide bonds. The fraction of sp³-hybridized carbons (Fsp3) is 0.250. The molecule has 2 aromatic rings. The summed E-state index contributed by atoms with van der Waals surface area (Å²) < 4.78 is 7.71. The molecule has 1 unspecified atom stereocenters. The first-order valence-electron chi connectivity index (χ1n) is 6.35. The smallest absolute Gasteiger partial charge is 0.124 e. The lowest BCUT2D eigenvalue weighted by Gasteiger charge is -2.18. The lowest BCUT2D eigenvalue weighted by Crippen LogP contribution is -2.02. The first-order valence-corrected chi connectivity index (χ1v) is 8.37. The monoisotopic (exact) mass is 416 g/mol. The minimum absolute atomic E-state index is 0.244. The largest absolute Gasteiger partial charge is 0.494 e. The van der Waals surface area contributed by atoms with Gasteiger partial charge < -0.3 is 4.74 Å². The molecule has 1 atom stereocenters. The van der Waals surface area contributed by atoms with E-state index in [9.17, 15) is 0 Å². The number of rotatable bonds is 4. The molecule has 0 radical (unpaired) electrons. The zero-order valence-corrected chi connectivity index (χ0v) is 15.2. The van der Waals surface area contributed by atoms with Crippen LogP contribution in [0.2, 0.25) is 0 Å². The summed E-state index contributed by atoms with van der Waals surface area (Å²) in [6.07, 6.45) is 0. The predicted molar refractivity (Wildman–Crippen MR) is 91.9 cm³/mol. The molecule has 106 valence electrons. The number of aryl methyl sites for hydroxylation is 1. The Bertz CT molecular complexity index is 613. The van der Waals surface area contributed by atoms with E-state index < -0.39 is 0 Å². The summed E-state index contributed by atoms with van der Waals surface area (Å²) in [5.41, 5.74) is 3.22. The van der Waals surface area contributed by atoms with Gasteiger partial charge in [0.05, 0.1) is 12.0 Å². The summed E-state index contributed by atoms with van der Waals surface area (Å²) in [6.45, 7) is 4.66. The molecule has 0 N–H and O–H groups in total. The molecule has 0 heterocycles. The molecule has 4 heteroatoms. The molecule has 0 aliphatic heterocycles. The fourth-order valence-corrected chi connectivity index (χ4v) is 3.22. The number of halogens is 3. The Morgan fingerprint density at radius 1 is 1.05 bits per heavy atom. The Balaban J connectivity index is 2.49. The average Bonchev–Trinajstić information content (AvgIpc) is 2.43. The highest BCUT2D eigenvalue weighted by atomic mass is 79.9. The number of hydrogen-bond acceptors (Lipinski definition) is 1. The third-order valence-corrected chi connectivity index (χ3v) is 4.52. The third-order valence-electron chi connectivity index (χ3n) is 3.06. The van der Waals surface area contributed by atoms with E-state index in [-0.39, 0.29) is 5.38 Å². The van der Waals surface area contributed by atoms with E-state index in [1.54, 1.807) is 0 Å². The van der Waals surface area contributed by atoms with Crippen molar-refractivity contribution in [3.63, 3.8) is 0 Å². The molecular weight excluding hydrogens is 403 g/mol. The zero-order valence-electron chi connectivity index (χ0n) is 11.3. The summed E-state index contributed by atoms with van der Waals surface area (Å²) in [4.78, 5) is 0. The van der Waals surface area contributed by atoms with Crippen LogP contribution >= 0.6 is 43.5 Å². The van der Waals surface area contributed by atoms with Crippen LogP contribution in [0.15, 0.2) is 45.3 Å². The van der Waals surface area contributed by atoms with E-state index >= 15 is 0 Å². The average molecular weight is 419 g/mol. The van der Waals surface area contributed by atoms with Gasteiger partial charge in [0.25, 0.3) is 0 Å². The second kappa shape index (κ2) is 6.97. The molecule has 2 rings (SSSR count). The minimum Gasteiger partial charge on any atom is -0.494 e. The second-order valence-corrected chi connectivity index (χ2v) is 6.75. The van der Waals surface area contributed by atoms with Crippen molar-refractivity contribution in [2.45, 2.75) is 19.2 Å². The predicted octanol–water partition coefficient (Wildman–Crippen LogP) is 6.25. The van der Waals surface area contributed by atoms with Gasteiger partial charge in [0.1, 0.15) is 5.75 Å². The van der Waals surface area contributed by atoms with Crippen molar-refractivity contribution in [1.29, 1.82) is 0 Å². The summed E-state index contributed by atoms with van der Waals surface area (Å²) >= 11 is 13.7. The Hall–Kier alpha value is -0.510. The van der Waals surface area contributed by atoms with Crippen LogP contribution in [0.5, 0.6) is 5.75 Å². The van der Waals surface area contributed by atoms with Crippen LogP contribution in [0, 0.1) is 6.92 Å². The van der Waals surface area contributed by atoms with Gasteiger partial charge in [-0.15, -0.1) is 11.6 Å². The van der Waals surface area contributed by atoms with E-state index in [4.69, 9.17) is 16.3 Å². The molecular formula is C16H15Br2ClO. The highest BCUT2D eigenvalue weighted by Gasteiger charge is 2.18. The van der Waals surface area contributed by atoms with Crippen molar-refractivity contribution in [3.05, 3.63) is 62.0 Å². The molecule has 2 aromatic carbocycles. The van der Waals surface area contributed by atoms with Crippen molar-refractivity contribution in [2.24, 2.45) is 0 Å². The van der Waals surface area contributed by atoms with Crippen molar-refractivity contribution in [2.75, 3.05) is 6.61 Å². The van der Waals surface area contributed by atoms with E-state index in [2.05, 4.69) is 50.9 Å². The first kappa shape index (κ1) is 15.9. The molecule has 0 aromatic heterocycles. The van der Waals surface area contributed by atoms with Crippen LogP contribution in [0.4, 0.5) is 0 Å².